The molecule has 0 spiro atoms. The standard InChI is InChI=1S/C64H105N13O14/c1-36(2)31-48-62(89)76(20)53(38(5)6)57(84)67-51(37(3)4)63(90)70(14)35-50(80)71(15)41(9)55(82)68-52(44(12)78)64(91)72(16)42(10)54(81)66-46(61(88)77-29-25-22-26-30-77)33-49(79)69(13)34-39(7)58(85)73(17)43(11)60(87)74(18)47(32-45-27-23-21-24-28-45)56(83)65-40(8)59(86)75(48)19/h21,23-24,27-28,36-44,46-48,51-53,78H,22,25-26,29-35H2,1-20H3,(H,65,83)(H,66,81)(H,67,84)(H,68,82)/t39-,40+,41+,42+,43+,44-,46+,47+,48+,51+,52+,53+/m1/s1. The molecule has 3 rings (SSSR count). The lowest BCUT2D eigenvalue weighted by Gasteiger charge is -2.38. The quantitative estimate of drug-likeness (QED) is 0.228. The van der Waals surface area contributed by atoms with E-state index in [1.54, 1.807) is 69.9 Å². The van der Waals surface area contributed by atoms with Gasteiger partial charge < -0.3 is 70.5 Å². The Morgan fingerprint density at radius 3 is 1.57 bits per heavy atom. The topological polar surface area (TPSA) is 319 Å². The minimum absolute atomic E-state index is 0.00981. The van der Waals surface area contributed by atoms with Crippen LogP contribution in [0.5, 0.6) is 0 Å². The van der Waals surface area contributed by atoms with Crippen LogP contribution < -0.4 is 21.3 Å². The van der Waals surface area contributed by atoms with Gasteiger partial charge in [-0.25, -0.2) is 0 Å². The third kappa shape index (κ3) is 20.6. The molecule has 13 amide bonds. The molecule has 1 aromatic rings. The highest BCUT2D eigenvalue weighted by Crippen LogP contribution is 2.22. The van der Waals surface area contributed by atoms with E-state index in [1.807, 2.05) is 13.8 Å². The van der Waals surface area contributed by atoms with Crippen LogP contribution in [0.4, 0.5) is 0 Å². The summed E-state index contributed by atoms with van der Waals surface area (Å²) in [6.45, 7) is 18.9. The average Bonchev–Trinajstić information content (AvgIpc) is 1.78. The largest absolute Gasteiger partial charge is 0.391 e. The van der Waals surface area contributed by atoms with Gasteiger partial charge in [-0.3, -0.25) is 62.3 Å². The predicted octanol–water partition coefficient (Wildman–Crippen LogP) is -0.0821. The molecule has 0 saturated carbocycles. The normalized spacial score (nSPS) is 27.7. The molecule has 0 bridgehead atoms. The molecular formula is C64H105N13O14. The van der Waals surface area contributed by atoms with Crippen molar-refractivity contribution in [2.45, 2.75) is 188 Å². The van der Waals surface area contributed by atoms with E-state index >= 15 is 0 Å². The summed E-state index contributed by atoms with van der Waals surface area (Å²) in [5, 5.41) is 21.6. The third-order valence-electron chi connectivity index (χ3n) is 17.6. The maximum absolute atomic E-state index is 14.8. The van der Waals surface area contributed by atoms with Crippen LogP contribution in [0.25, 0.3) is 0 Å². The predicted molar refractivity (Wildman–Crippen MR) is 340 cm³/mol. The molecule has 2 aliphatic heterocycles. The second-order valence-corrected chi connectivity index (χ2v) is 26.0. The molecule has 510 valence electrons. The summed E-state index contributed by atoms with van der Waals surface area (Å²) in [6.07, 6.45) is 0.266. The fourth-order valence-corrected chi connectivity index (χ4v) is 11.2. The van der Waals surface area contributed by atoms with Gasteiger partial charge in [-0.2, -0.15) is 0 Å². The Morgan fingerprint density at radius 1 is 0.505 bits per heavy atom. The molecular weight excluding hydrogens is 1170 g/mol. The number of amides is 13. The van der Waals surface area contributed by atoms with Gasteiger partial charge in [0.15, 0.2) is 0 Å². The summed E-state index contributed by atoms with van der Waals surface area (Å²) in [5.41, 5.74) is 0.671. The minimum atomic E-state index is -1.66. The van der Waals surface area contributed by atoms with E-state index in [0.29, 0.717) is 31.5 Å². The zero-order chi connectivity index (χ0) is 69.4. The minimum Gasteiger partial charge on any atom is -0.391 e. The molecule has 0 radical (unpaired) electrons. The Labute approximate surface area is 538 Å². The highest BCUT2D eigenvalue weighted by atomic mass is 16.3. The smallest absolute Gasteiger partial charge is 0.248 e. The number of hydrogen-bond donors (Lipinski definition) is 5. The number of piperidine rings is 1. The van der Waals surface area contributed by atoms with Crippen molar-refractivity contribution in [3.63, 3.8) is 0 Å². The number of carbonyl (C=O) groups excluding carboxylic acids is 13. The first kappa shape index (κ1) is 77.5. The first-order valence-electron chi connectivity index (χ1n) is 31.6. The lowest BCUT2D eigenvalue weighted by atomic mass is 9.96. The zero-order valence-electron chi connectivity index (χ0n) is 57.4. The Balaban J connectivity index is 2.16. The van der Waals surface area contributed by atoms with E-state index in [-0.39, 0.29) is 25.3 Å². The fourth-order valence-electron chi connectivity index (χ4n) is 11.2. The Kier molecular flexibility index (Phi) is 29.5. The molecule has 1 aromatic carbocycles. The van der Waals surface area contributed by atoms with Crippen LogP contribution in [0, 0.1) is 23.7 Å². The number of carbonyl (C=O) groups is 13. The fraction of sp³-hybridized carbons (Fsp3) is 0.703. The van der Waals surface area contributed by atoms with Crippen LogP contribution in [-0.4, -0.2) is 275 Å². The molecule has 2 heterocycles. The van der Waals surface area contributed by atoms with E-state index in [2.05, 4.69) is 21.3 Å². The number of aliphatic hydroxyl groups excluding tert-OH is 1. The van der Waals surface area contributed by atoms with Crippen molar-refractivity contribution in [2.75, 3.05) is 82.6 Å². The third-order valence-corrected chi connectivity index (χ3v) is 17.6. The summed E-state index contributed by atoms with van der Waals surface area (Å²) in [7, 11) is 11.0. The summed E-state index contributed by atoms with van der Waals surface area (Å²) >= 11 is 0. The summed E-state index contributed by atoms with van der Waals surface area (Å²) < 4.78 is 0. The van der Waals surface area contributed by atoms with Crippen LogP contribution in [0.3, 0.4) is 0 Å². The van der Waals surface area contributed by atoms with Crippen LogP contribution in [0.1, 0.15) is 121 Å². The van der Waals surface area contributed by atoms with Crippen molar-refractivity contribution >= 4 is 76.8 Å². The van der Waals surface area contributed by atoms with Gasteiger partial charge in [-0.05, 0) is 83.6 Å². The van der Waals surface area contributed by atoms with Gasteiger partial charge in [0, 0.05) is 82.4 Å². The molecule has 27 heteroatoms. The van der Waals surface area contributed by atoms with Gasteiger partial charge in [-0.1, -0.05) is 78.8 Å². The molecule has 2 aliphatic rings. The maximum Gasteiger partial charge on any atom is 0.248 e. The van der Waals surface area contributed by atoms with Gasteiger partial charge in [0.25, 0.3) is 0 Å². The molecule has 2 fully saturated rings. The van der Waals surface area contributed by atoms with E-state index in [1.165, 1.54) is 115 Å². The van der Waals surface area contributed by atoms with E-state index < -0.39 is 174 Å². The summed E-state index contributed by atoms with van der Waals surface area (Å²) in [6, 6.07) is -4.15. The molecule has 5 N–H and O–H groups in total. The number of nitrogens with zero attached hydrogens (tertiary/aromatic N) is 9. The van der Waals surface area contributed by atoms with Gasteiger partial charge in [-0.15, -0.1) is 0 Å². The lowest BCUT2D eigenvalue weighted by molar-refractivity contribution is -0.151. The van der Waals surface area contributed by atoms with E-state index in [0.717, 1.165) is 21.1 Å². The van der Waals surface area contributed by atoms with Crippen LogP contribution in [0.2, 0.25) is 0 Å². The second kappa shape index (κ2) is 34.6. The Bertz CT molecular complexity index is 2760. The van der Waals surface area contributed by atoms with E-state index in [4.69, 9.17) is 0 Å². The average molecular weight is 1280 g/mol. The number of benzene rings is 1. The number of aliphatic hydroxyl groups is 1. The monoisotopic (exact) mass is 1280 g/mol. The van der Waals surface area contributed by atoms with Crippen molar-refractivity contribution in [3.8, 4) is 0 Å². The number of rotatable bonds is 8. The highest BCUT2D eigenvalue weighted by Gasteiger charge is 2.43. The van der Waals surface area contributed by atoms with Crippen molar-refractivity contribution < 1.29 is 67.4 Å². The molecule has 27 nitrogen and oxygen atoms in total. The number of hydrogen-bond acceptors (Lipinski definition) is 14. The molecule has 0 aliphatic carbocycles. The number of nitrogens with one attached hydrogen (secondary N) is 4. The molecule has 2 saturated heterocycles. The highest BCUT2D eigenvalue weighted by molar-refractivity contribution is 5.99. The first-order valence-corrected chi connectivity index (χ1v) is 31.6. The molecule has 91 heavy (non-hydrogen) atoms. The van der Waals surface area contributed by atoms with Crippen LogP contribution in [-0.2, 0) is 68.7 Å². The van der Waals surface area contributed by atoms with Crippen LogP contribution in [0.15, 0.2) is 30.3 Å². The van der Waals surface area contributed by atoms with Crippen LogP contribution >= 0.6 is 0 Å². The summed E-state index contributed by atoms with van der Waals surface area (Å²) in [5.74, 6) is -11.3. The van der Waals surface area contributed by atoms with Crippen molar-refractivity contribution in [1.29, 1.82) is 0 Å². The maximum atomic E-state index is 14.8. The number of likely N-dealkylation sites (N-methyl/N-ethyl adjacent to an activating group) is 7. The molecule has 0 aromatic heterocycles. The van der Waals surface area contributed by atoms with E-state index in [9.17, 15) is 67.4 Å². The first-order chi connectivity index (χ1) is 42.3. The van der Waals surface area contributed by atoms with Crippen molar-refractivity contribution in [2.24, 2.45) is 23.7 Å². The lowest BCUT2D eigenvalue weighted by Crippen LogP contribution is -2.61. The van der Waals surface area contributed by atoms with Gasteiger partial charge in [0.2, 0.25) is 76.8 Å². The van der Waals surface area contributed by atoms with Crippen molar-refractivity contribution in [1.82, 2.24) is 65.4 Å². The second-order valence-electron chi connectivity index (χ2n) is 26.0. The SMILES string of the molecule is CC(C)C[C@H]1C(=O)N(C)[C@@H](C(C)C)C(=O)N[C@@H](C(C)C)C(=O)N(C)CC(=O)N(C)[C@@H](C)C(=O)N[C@@H]([C@@H](C)O)C(=O)N(C)[C@@H](C)C(=O)N[C@H](C(=O)N2CCCCC2)CC(=O)N(C)C[C@@H](C)C(=O)N(C)[C@@H](C)C(=O)N(C)[C@@H](Cc2ccccc2)C(=O)N[C@@H](C)C(=O)N1C. The van der Waals surface area contributed by atoms with Gasteiger partial charge in [0.05, 0.1) is 25.0 Å². The Morgan fingerprint density at radius 2 is 1.03 bits per heavy atom. The van der Waals surface area contributed by atoms with Gasteiger partial charge >= 0.3 is 0 Å². The molecule has 12 atom stereocenters. The Hall–Kier alpha value is -7.71. The van der Waals surface area contributed by atoms with Gasteiger partial charge in [0.1, 0.15) is 60.4 Å². The van der Waals surface area contributed by atoms with Crippen molar-refractivity contribution in [3.05, 3.63) is 35.9 Å². The zero-order valence-corrected chi connectivity index (χ0v) is 57.4. The number of likely N-dealkylation sites (tertiary alicyclic amines) is 1. The summed E-state index contributed by atoms with van der Waals surface area (Å²) in [4.78, 5) is 196. The molecule has 0 unspecified atom stereocenters.